The maximum absolute atomic E-state index is 12.9. The third-order valence-electron chi connectivity index (χ3n) is 3.67. The van der Waals surface area contributed by atoms with Gasteiger partial charge in [-0.05, 0) is 50.6 Å². The molecule has 1 aromatic carbocycles. The molecule has 2 heterocycles. The molecule has 6 heteroatoms. The van der Waals surface area contributed by atoms with E-state index in [9.17, 15) is 9.50 Å². The summed E-state index contributed by atoms with van der Waals surface area (Å²) >= 11 is 0. The second-order valence-electron chi connectivity index (χ2n) is 5.82. The van der Waals surface area contributed by atoms with E-state index < -0.39 is 5.60 Å². The first-order valence-corrected chi connectivity index (χ1v) is 7.05. The lowest BCUT2D eigenvalue weighted by Crippen LogP contribution is -2.45. The quantitative estimate of drug-likeness (QED) is 0.939. The molecule has 0 amide bonds. The number of halogens is 1. The summed E-state index contributed by atoms with van der Waals surface area (Å²) in [7, 11) is 0. The zero-order chi connectivity index (χ0) is 14.9. The summed E-state index contributed by atoms with van der Waals surface area (Å²) in [5, 5.41) is 18.1. The van der Waals surface area contributed by atoms with Crippen LogP contribution in [-0.4, -0.2) is 38.9 Å². The number of nitrogens with zero attached hydrogens (tertiary/aromatic N) is 3. The Morgan fingerprint density at radius 1 is 1.33 bits per heavy atom. The lowest BCUT2D eigenvalue weighted by molar-refractivity contribution is -0.0202. The van der Waals surface area contributed by atoms with Crippen LogP contribution in [0.2, 0.25) is 0 Å². The highest BCUT2D eigenvalue weighted by Crippen LogP contribution is 2.23. The maximum Gasteiger partial charge on any atom is 0.247 e. The smallest absolute Gasteiger partial charge is 0.247 e. The minimum Gasteiger partial charge on any atom is -0.419 e. The summed E-state index contributed by atoms with van der Waals surface area (Å²) in [6.07, 6.45) is 1.76. The molecule has 112 valence electrons. The molecule has 1 aromatic heterocycles. The largest absolute Gasteiger partial charge is 0.419 e. The maximum atomic E-state index is 12.9. The van der Waals surface area contributed by atoms with Gasteiger partial charge in [0.15, 0.2) is 0 Å². The third kappa shape index (κ3) is 3.46. The number of hydrogen-bond donors (Lipinski definition) is 1. The number of likely N-dealkylation sites (tertiary alicyclic amines) is 1. The van der Waals surface area contributed by atoms with E-state index in [-0.39, 0.29) is 5.82 Å². The van der Waals surface area contributed by atoms with E-state index in [0.717, 1.165) is 19.4 Å². The Morgan fingerprint density at radius 2 is 2.10 bits per heavy atom. The predicted molar refractivity (Wildman–Crippen MR) is 74.8 cm³/mol. The summed E-state index contributed by atoms with van der Waals surface area (Å²) in [6.45, 7) is 3.87. The van der Waals surface area contributed by atoms with Gasteiger partial charge >= 0.3 is 0 Å². The molecule has 0 radical (unpaired) electrons. The van der Waals surface area contributed by atoms with Gasteiger partial charge in [-0.2, -0.15) is 0 Å². The van der Waals surface area contributed by atoms with E-state index in [1.165, 1.54) is 12.1 Å². The predicted octanol–water partition coefficient (Wildman–Crippen LogP) is 2.22. The van der Waals surface area contributed by atoms with Crippen LogP contribution in [0.15, 0.2) is 28.7 Å². The van der Waals surface area contributed by atoms with E-state index in [1.807, 2.05) is 6.92 Å². The standard InChI is InChI=1S/C15H18FN3O2/c1-15(20)7-2-8-19(10-15)9-13-17-18-14(21-13)11-3-5-12(16)6-4-11/h3-6,20H,2,7-10H2,1H3. The van der Waals surface area contributed by atoms with Crippen LogP contribution in [0.25, 0.3) is 11.5 Å². The molecule has 3 rings (SSSR count). The molecule has 5 nitrogen and oxygen atoms in total. The average Bonchev–Trinajstić information content (AvgIpc) is 2.87. The first-order chi connectivity index (χ1) is 10.0. The Morgan fingerprint density at radius 3 is 2.81 bits per heavy atom. The van der Waals surface area contributed by atoms with Crippen LogP contribution < -0.4 is 0 Å². The molecule has 1 aliphatic heterocycles. The van der Waals surface area contributed by atoms with Gasteiger partial charge in [0.2, 0.25) is 11.8 Å². The number of hydrogen-bond acceptors (Lipinski definition) is 5. The summed E-state index contributed by atoms with van der Waals surface area (Å²) in [5.41, 5.74) is 0.0405. The fourth-order valence-electron chi connectivity index (χ4n) is 2.68. The molecule has 1 atom stereocenters. The number of rotatable bonds is 3. The molecule has 0 bridgehead atoms. The fourth-order valence-corrected chi connectivity index (χ4v) is 2.68. The van der Waals surface area contributed by atoms with E-state index in [0.29, 0.717) is 30.4 Å². The summed E-state index contributed by atoms with van der Waals surface area (Å²) in [5.74, 6) is 0.592. The molecule has 0 aliphatic carbocycles. The molecule has 1 unspecified atom stereocenters. The van der Waals surface area contributed by atoms with Gasteiger partial charge in [0, 0.05) is 12.1 Å². The Bertz CT molecular complexity index is 610. The van der Waals surface area contributed by atoms with Crippen molar-refractivity contribution < 1.29 is 13.9 Å². The second kappa shape index (κ2) is 5.54. The highest BCUT2D eigenvalue weighted by Gasteiger charge is 2.29. The Balaban J connectivity index is 1.69. The Hall–Kier alpha value is -1.79. The van der Waals surface area contributed by atoms with E-state index in [1.54, 1.807) is 12.1 Å². The molecule has 0 saturated carbocycles. The average molecular weight is 291 g/mol. The third-order valence-corrected chi connectivity index (χ3v) is 3.67. The highest BCUT2D eigenvalue weighted by molar-refractivity contribution is 5.51. The Labute approximate surface area is 122 Å². The van der Waals surface area contributed by atoms with Crippen molar-refractivity contribution >= 4 is 0 Å². The second-order valence-corrected chi connectivity index (χ2v) is 5.82. The zero-order valence-electron chi connectivity index (χ0n) is 11.9. The van der Waals surface area contributed by atoms with Crippen LogP contribution >= 0.6 is 0 Å². The molecule has 21 heavy (non-hydrogen) atoms. The van der Waals surface area contributed by atoms with Crippen LogP contribution in [0.5, 0.6) is 0 Å². The SMILES string of the molecule is CC1(O)CCCN(Cc2nnc(-c3ccc(F)cc3)o2)C1. The number of aliphatic hydroxyl groups is 1. The number of benzene rings is 1. The minimum atomic E-state index is -0.655. The zero-order valence-corrected chi connectivity index (χ0v) is 11.9. The van der Waals surface area contributed by atoms with Gasteiger partial charge < -0.3 is 9.52 Å². The molecular formula is C15H18FN3O2. The van der Waals surface area contributed by atoms with Crippen molar-refractivity contribution in [1.29, 1.82) is 0 Å². The van der Waals surface area contributed by atoms with Gasteiger partial charge in [0.1, 0.15) is 5.82 Å². The summed E-state index contributed by atoms with van der Waals surface area (Å²) in [6, 6.07) is 5.94. The van der Waals surface area contributed by atoms with Crippen molar-refractivity contribution in [2.75, 3.05) is 13.1 Å². The van der Waals surface area contributed by atoms with Crippen LogP contribution in [-0.2, 0) is 6.54 Å². The number of β-amino-alcohol motifs (C(OH)–C–C–N with tert-alkyl or cyclic N) is 1. The van der Waals surface area contributed by atoms with Crippen molar-refractivity contribution in [2.24, 2.45) is 0 Å². The topological polar surface area (TPSA) is 62.4 Å². The monoisotopic (exact) mass is 291 g/mol. The summed E-state index contributed by atoms with van der Waals surface area (Å²) in [4.78, 5) is 2.10. The molecule has 1 N–H and O–H groups in total. The molecule has 2 aromatic rings. The van der Waals surface area contributed by atoms with Crippen molar-refractivity contribution in [3.05, 3.63) is 36.0 Å². The normalized spacial score (nSPS) is 23.4. The van der Waals surface area contributed by atoms with Gasteiger partial charge in [-0.15, -0.1) is 10.2 Å². The van der Waals surface area contributed by atoms with E-state index in [2.05, 4.69) is 15.1 Å². The Kier molecular flexibility index (Phi) is 3.73. The van der Waals surface area contributed by atoms with Crippen LogP contribution in [0.3, 0.4) is 0 Å². The lowest BCUT2D eigenvalue weighted by atomic mass is 9.95. The van der Waals surface area contributed by atoms with Crippen molar-refractivity contribution in [3.8, 4) is 11.5 Å². The van der Waals surface area contributed by atoms with Gasteiger partial charge in [0.05, 0.1) is 12.1 Å². The number of aromatic nitrogens is 2. The molecule has 1 saturated heterocycles. The molecular weight excluding hydrogens is 273 g/mol. The minimum absolute atomic E-state index is 0.297. The van der Waals surface area contributed by atoms with E-state index >= 15 is 0 Å². The fraction of sp³-hybridized carbons (Fsp3) is 0.467. The van der Waals surface area contributed by atoms with Crippen LogP contribution in [0, 0.1) is 5.82 Å². The van der Waals surface area contributed by atoms with Gasteiger partial charge in [-0.25, -0.2) is 4.39 Å². The van der Waals surface area contributed by atoms with E-state index in [4.69, 9.17) is 4.42 Å². The highest BCUT2D eigenvalue weighted by atomic mass is 19.1. The number of piperidine rings is 1. The molecule has 0 spiro atoms. The van der Waals surface area contributed by atoms with Crippen LogP contribution in [0.4, 0.5) is 4.39 Å². The van der Waals surface area contributed by atoms with Crippen molar-refractivity contribution in [2.45, 2.75) is 31.9 Å². The molecule has 1 fully saturated rings. The van der Waals surface area contributed by atoms with Gasteiger partial charge in [-0.3, -0.25) is 4.90 Å². The first kappa shape index (κ1) is 14.2. The van der Waals surface area contributed by atoms with Crippen molar-refractivity contribution in [1.82, 2.24) is 15.1 Å². The van der Waals surface area contributed by atoms with Crippen LogP contribution in [0.1, 0.15) is 25.7 Å². The van der Waals surface area contributed by atoms with Gasteiger partial charge in [0.25, 0.3) is 0 Å². The molecule has 1 aliphatic rings. The van der Waals surface area contributed by atoms with Crippen molar-refractivity contribution in [3.63, 3.8) is 0 Å². The summed E-state index contributed by atoms with van der Waals surface area (Å²) < 4.78 is 18.5. The first-order valence-electron chi connectivity index (χ1n) is 7.05. The lowest BCUT2D eigenvalue weighted by Gasteiger charge is -2.35. The van der Waals surface area contributed by atoms with Gasteiger partial charge in [-0.1, -0.05) is 0 Å².